The fraction of sp³-hybridized carbons (Fsp3) is 0.133. The molecule has 0 atom stereocenters. The molecule has 0 saturated carbocycles. The van der Waals surface area contributed by atoms with Crippen LogP contribution >= 0.6 is 0 Å². The summed E-state index contributed by atoms with van der Waals surface area (Å²) in [7, 11) is 4.45. The molecule has 0 amide bonds. The van der Waals surface area contributed by atoms with Crippen LogP contribution in [0, 0.1) is 0 Å². The van der Waals surface area contributed by atoms with Crippen LogP contribution in [-0.2, 0) is 10.8 Å². The van der Waals surface area contributed by atoms with E-state index < -0.39 is 0 Å². The molecule has 2 aliphatic heterocycles. The van der Waals surface area contributed by atoms with Crippen molar-refractivity contribution < 1.29 is 0 Å². The molecule has 10 aromatic rings. The van der Waals surface area contributed by atoms with E-state index in [-0.39, 0.29) is 10.8 Å². The van der Waals surface area contributed by atoms with Gasteiger partial charge in [0, 0.05) is 47.7 Å². The minimum Gasteiger partial charge on any atom is -0.344 e. The lowest BCUT2D eigenvalue weighted by Crippen LogP contribution is -2.31. The number of benzene rings is 10. The Bertz CT molecular complexity index is 3290. The molecule has 0 unspecified atom stereocenters. The largest absolute Gasteiger partial charge is 0.344 e. The Morgan fingerprint density at radius 2 is 0.661 bits per heavy atom. The first kappa shape index (κ1) is 36.7. The van der Waals surface area contributed by atoms with Gasteiger partial charge in [0.25, 0.3) is 0 Å². The van der Waals surface area contributed by atoms with E-state index in [9.17, 15) is 0 Å². The second kappa shape index (κ2) is 13.2. The molecule has 2 nitrogen and oxygen atoms in total. The van der Waals surface area contributed by atoms with Crippen molar-refractivity contribution in [1.29, 1.82) is 0 Å². The van der Waals surface area contributed by atoms with Crippen LogP contribution in [0.2, 0.25) is 0 Å². The highest BCUT2D eigenvalue weighted by atomic mass is 15.1. The quantitative estimate of drug-likeness (QED) is 0.164. The summed E-state index contributed by atoms with van der Waals surface area (Å²) in [5.74, 6) is 0. The van der Waals surface area contributed by atoms with Crippen LogP contribution in [0.5, 0.6) is 0 Å². The molecule has 0 saturated heterocycles. The highest BCUT2D eigenvalue weighted by molar-refractivity contribution is 6.26. The number of nitrogens with zero attached hydrogens (tertiary/aromatic N) is 2. The van der Waals surface area contributed by atoms with Crippen LogP contribution < -0.4 is 9.80 Å². The van der Waals surface area contributed by atoms with E-state index in [1.54, 1.807) is 0 Å². The van der Waals surface area contributed by atoms with Gasteiger partial charge in [-0.1, -0.05) is 173 Å². The average Bonchev–Trinajstić information content (AvgIpc) is 3.30. The average molecular weight is 797 g/mol. The first-order chi connectivity index (χ1) is 30.1. The standard InChI is InChI=1S/C60H48N2/c1-59(2)49-29-11-13-31-51(49)61(5)53-33-17-27-45(57(53)59)41-23-15-25-43-47(41)36-48-42(46-28-18-34-54-58(46)60(3,4)50-30-12-14-32-52(50)62(54)6)24-16-26-44(48)56(43)55-39-21-9-7-19-37(39)35-38-20-8-10-22-40(38)55/h7-36H,1-6H3. The van der Waals surface area contributed by atoms with Gasteiger partial charge in [-0.05, 0) is 135 Å². The minimum atomic E-state index is -0.231. The van der Waals surface area contributed by atoms with Crippen molar-refractivity contribution >= 4 is 65.8 Å². The Morgan fingerprint density at radius 1 is 0.306 bits per heavy atom. The van der Waals surface area contributed by atoms with Gasteiger partial charge >= 0.3 is 0 Å². The Balaban J connectivity index is 1.24. The summed E-state index contributed by atoms with van der Waals surface area (Å²) >= 11 is 0. The zero-order valence-electron chi connectivity index (χ0n) is 36.2. The normalized spacial score (nSPS) is 14.8. The molecule has 0 fully saturated rings. The molecule has 298 valence electrons. The SMILES string of the molecule is CN1c2ccccc2C(C)(C)c2c(-c3cccc4c(-c5c6ccccc6cc6ccccc56)c5cccc(-c6cccc7c6C(C)(C)c6ccccc6N7C)c5cc34)cccc21. The van der Waals surface area contributed by atoms with Gasteiger partial charge in [0.05, 0.1) is 0 Å². The van der Waals surface area contributed by atoms with Gasteiger partial charge in [0.2, 0.25) is 0 Å². The summed E-state index contributed by atoms with van der Waals surface area (Å²) in [4.78, 5) is 4.78. The van der Waals surface area contributed by atoms with Crippen molar-refractivity contribution in [3.05, 3.63) is 204 Å². The maximum atomic E-state index is 2.53. The fourth-order valence-electron chi connectivity index (χ4n) is 11.7. The summed E-state index contributed by atoms with van der Waals surface area (Å²) < 4.78 is 0. The van der Waals surface area contributed by atoms with Gasteiger partial charge in [-0.2, -0.15) is 0 Å². The van der Waals surface area contributed by atoms with Crippen LogP contribution in [0.25, 0.3) is 76.5 Å². The molecule has 2 heteroatoms. The van der Waals surface area contributed by atoms with E-state index in [1.165, 1.54) is 121 Å². The molecular formula is C60H48N2. The molecule has 0 bridgehead atoms. The maximum absolute atomic E-state index is 2.53. The molecular weight excluding hydrogens is 749 g/mol. The van der Waals surface area contributed by atoms with E-state index in [0.717, 1.165) is 0 Å². The highest BCUT2D eigenvalue weighted by Gasteiger charge is 2.39. The van der Waals surface area contributed by atoms with Gasteiger partial charge in [-0.3, -0.25) is 0 Å². The van der Waals surface area contributed by atoms with Gasteiger partial charge < -0.3 is 9.80 Å². The molecule has 62 heavy (non-hydrogen) atoms. The minimum absolute atomic E-state index is 0.231. The zero-order chi connectivity index (χ0) is 42.1. The second-order valence-corrected chi connectivity index (χ2v) is 18.5. The second-order valence-electron chi connectivity index (χ2n) is 18.5. The van der Waals surface area contributed by atoms with Crippen molar-refractivity contribution in [3.63, 3.8) is 0 Å². The smallest absolute Gasteiger partial charge is 0.0455 e. The number of hydrogen-bond donors (Lipinski definition) is 0. The first-order valence-electron chi connectivity index (χ1n) is 22.0. The summed E-state index contributed by atoms with van der Waals surface area (Å²) in [6.45, 7) is 9.62. The Kier molecular flexibility index (Phi) is 7.79. The third kappa shape index (κ3) is 4.98. The summed E-state index contributed by atoms with van der Waals surface area (Å²) in [6, 6.07) is 68.6. The molecule has 2 heterocycles. The van der Waals surface area contributed by atoms with Crippen LogP contribution in [0.4, 0.5) is 22.7 Å². The van der Waals surface area contributed by atoms with E-state index >= 15 is 0 Å². The number of rotatable bonds is 3. The summed E-state index contributed by atoms with van der Waals surface area (Å²) in [6.07, 6.45) is 0. The van der Waals surface area contributed by atoms with Crippen molar-refractivity contribution in [2.24, 2.45) is 0 Å². The van der Waals surface area contributed by atoms with Gasteiger partial charge in [0.15, 0.2) is 0 Å². The Labute approximate surface area is 364 Å². The maximum Gasteiger partial charge on any atom is 0.0455 e. The Hall–Kier alpha value is -7.16. The molecule has 0 spiro atoms. The predicted molar refractivity (Wildman–Crippen MR) is 266 cm³/mol. The zero-order valence-corrected chi connectivity index (χ0v) is 36.2. The number of para-hydroxylation sites is 2. The van der Waals surface area contributed by atoms with E-state index in [4.69, 9.17) is 0 Å². The van der Waals surface area contributed by atoms with Crippen LogP contribution in [-0.4, -0.2) is 14.1 Å². The summed E-state index contributed by atoms with van der Waals surface area (Å²) in [5.41, 5.74) is 17.6. The monoisotopic (exact) mass is 796 g/mol. The van der Waals surface area contributed by atoms with Gasteiger partial charge in [0.1, 0.15) is 0 Å². The molecule has 10 aromatic carbocycles. The van der Waals surface area contributed by atoms with E-state index in [1.807, 2.05) is 0 Å². The third-order valence-corrected chi connectivity index (χ3v) is 14.6. The molecule has 0 aromatic heterocycles. The first-order valence-corrected chi connectivity index (χ1v) is 22.0. The lowest BCUT2D eigenvalue weighted by atomic mass is 9.70. The van der Waals surface area contributed by atoms with Gasteiger partial charge in [-0.15, -0.1) is 0 Å². The lowest BCUT2D eigenvalue weighted by Gasteiger charge is -2.42. The highest BCUT2D eigenvalue weighted by Crippen LogP contribution is 2.56. The molecule has 12 rings (SSSR count). The lowest BCUT2D eigenvalue weighted by molar-refractivity contribution is 0.631. The third-order valence-electron chi connectivity index (χ3n) is 14.6. The molecule has 0 radical (unpaired) electrons. The fourth-order valence-corrected chi connectivity index (χ4v) is 11.7. The number of fused-ring (bicyclic) bond motifs is 8. The molecule has 0 N–H and O–H groups in total. The van der Waals surface area contributed by atoms with Crippen molar-refractivity contribution in [1.82, 2.24) is 0 Å². The van der Waals surface area contributed by atoms with E-state index in [0.29, 0.717) is 0 Å². The molecule has 0 aliphatic carbocycles. The predicted octanol–water partition coefficient (Wildman–Crippen LogP) is 16.1. The van der Waals surface area contributed by atoms with Crippen molar-refractivity contribution in [2.45, 2.75) is 38.5 Å². The van der Waals surface area contributed by atoms with Crippen LogP contribution in [0.3, 0.4) is 0 Å². The molecule has 2 aliphatic rings. The topological polar surface area (TPSA) is 6.48 Å². The Morgan fingerprint density at radius 3 is 1.15 bits per heavy atom. The summed E-state index contributed by atoms with van der Waals surface area (Å²) in [5, 5.41) is 10.1. The van der Waals surface area contributed by atoms with Crippen molar-refractivity contribution in [2.75, 3.05) is 23.9 Å². The van der Waals surface area contributed by atoms with E-state index in [2.05, 4.69) is 234 Å². The van der Waals surface area contributed by atoms with Crippen LogP contribution in [0.15, 0.2) is 182 Å². The van der Waals surface area contributed by atoms with Gasteiger partial charge in [-0.25, -0.2) is 0 Å². The number of anilines is 4. The van der Waals surface area contributed by atoms with Crippen LogP contribution in [0.1, 0.15) is 49.9 Å². The number of hydrogen-bond acceptors (Lipinski definition) is 2. The van der Waals surface area contributed by atoms with Crippen molar-refractivity contribution in [3.8, 4) is 33.4 Å².